The molecule has 1 saturated heterocycles. The van der Waals surface area contributed by atoms with Crippen molar-refractivity contribution in [2.45, 2.75) is 25.7 Å². The maximum Gasteiger partial charge on any atom is 0.220 e. The number of carbonyl (C=O) groups is 1. The Bertz CT molecular complexity index is 428. The molecule has 1 unspecified atom stereocenters. The second-order valence-corrected chi connectivity index (χ2v) is 5.37. The molecule has 0 aromatic heterocycles. The normalized spacial score (nSPS) is 18.6. The largest absolute Gasteiger partial charge is 0.497 e. The third kappa shape index (κ3) is 4.85. The van der Waals surface area contributed by atoms with Crippen molar-refractivity contribution in [3.8, 4) is 5.75 Å². The molecule has 2 rings (SSSR count). The highest BCUT2D eigenvalue weighted by Gasteiger charge is 2.16. The number of hydrogen-bond donors (Lipinski definition) is 2. The van der Waals surface area contributed by atoms with Crippen LogP contribution in [0.3, 0.4) is 0 Å². The van der Waals surface area contributed by atoms with Crippen LogP contribution in [0.4, 0.5) is 0 Å². The van der Waals surface area contributed by atoms with Gasteiger partial charge in [0.25, 0.3) is 0 Å². The molecule has 1 aromatic rings. The summed E-state index contributed by atoms with van der Waals surface area (Å²) in [6.07, 6.45) is 3.83. The Morgan fingerprint density at radius 3 is 3.15 bits per heavy atom. The zero-order chi connectivity index (χ0) is 14.2. The molecule has 1 atom stereocenters. The molecule has 1 heterocycles. The summed E-state index contributed by atoms with van der Waals surface area (Å²) in [5.41, 5.74) is 1.18. The number of hydrogen-bond acceptors (Lipinski definition) is 3. The Labute approximate surface area is 120 Å². The monoisotopic (exact) mass is 276 g/mol. The van der Waals surface area contributed by atoms with Gasteiger partial charge >= 0.3 is 0 Å². The molecule has 20 heavy (non-hydrogen) atoms. The molecular weight excluding hydrogens is 252 g/mol. The molecule has 0 spiro atoms. The van der Waals surface area contributed by atoms with Crippen LogP contribution in [-0.2, 0) is 11.2 Å². The first-order valence-corrected chi connectivity index (χ1v) is 7.38. The second-order valence-electron chi connectivity index (χ2n) is 5.37. The van der Waals surface area contributed by atoms with Gasteiger partial charge in [-0.3, -0.25) is 4.79 Å². The number of piperidine rings is 1. The van der Waals surface area contributed by atoms with Gasteiger partial charge < -0.3 is 15.4 Å². The standard InChI is InChI=1S/C16H24N2O2/c1-20-15-6-2-4-13(10-15)7-9-18-16(19)11-14-5-3-8-17-12-14/h2,4,6,10,14,17H,3,5,7-9,11-12H2,1H3,(H,18,19). The number of rotatable bonds is 6. The smallest absolute Gasteiger partial charge is 0.220 e. The van der Waals surface area contributed by atoms with Crippen molar-refractivity contribution < 1.29 is 9.53 Å². The summed E-state index contributed by atoms with van der Waals surface area (Å²) < 4.78 is 5.19. The molecule has 1 aliphatic rings. The lowest BCUT2D eigenvalue weighted by atomic mass is 9.96. The van der Waals surface area contributed by atoms with Crippen LogP contribution < -0.4 is 15.4 Å². The third-order valence-electron chi connectivity index (χ3n) is 3.74. The van der Waals surface area contributed by atoms with Gasteiger partial charge in [-0.1, -0.05) is 12.1 Å². The highest BCUT2D eigenvalue weighted by molar-refractivity contribution is 5.76. The Morgan fingerprint density at radius 1 is 1.50 bits per heavy atom. The average molecular weight is 276 g/mol. The maximum absolute atomic E-state index is 11.9. The van der Waals surface area contributed by atoms with Crippen LogP contribution in [0.25, 0.3) is 0 Å². The van der Waals surface area contributed by atoms with Gasteiger partial charge in [0, 0.05) is 13.0 Å². The number of benzene rings is 1. The number of nitrogens with one attached hydrogen (secondary N) is 2. The molecule has 0 aliphatic carbocycles. The van der Waals surface area contributed by atoms with Gasteiger partial charge in [0.15, 0.2) is 0 Å². The first kappa shape index (κ1) is 14.9. The lowest BCUT2D eigenvalue weighted by Crippen LogP contribution is -2.34. The Hall–Kier alpha value is -1.55. The third-order valence-corrected chi connectivity index (χ3v) is 3.74. The Kier molecular flexibility index (Phi) is 5.87. The van der Waals surface area contributed by atoms with Crippen LogP contribution in [0.2, 0.25) is 0 Å². The van der Waals surface area contributed by atoms with E-state index in [1.807, 2.05) is 18.2 Å². The summed E-state index contributed by atoms with van der Waals surface area (Å²) in [5.74, 6) is 1.53. The summed E-state index contributed by atoms with van der Waals surface area (Å²) in [4.78, 5) is 11.9. The summed E-state index contributed by atoms with van der Waals surface area (Å²) in [6, 6.07) is 7.97. The van der Waals surface area contributed by atoms with Crippen molar-refractivity contribution in [3.63, 3.8) is 0 Å². The van der Waals surface area contributed by atoms with E-state index in [1.54, 1.807) is 7.11 Å². The van der Waals surface area contributed by atoms with E-state index in [1.165, 1.54) is 12.0 Å². The molecule has 4 heteroatoms. The van der Waals surface area contributed by atoms with Gasteiger partial charge in [0.2, 0.25) is 5.91 Å². The fourth-order valence-corrected chi connectivity index (χ4v) is 2.61. The molecule has 0 radical (unpaired) electrons. The van der Waals surface area contributed by atoms with Crippen molar-refractivity contribution >= 4 is 5.91 Å². The molecule has 1 amide bonds. The number of methoxy groups -OCH3 is 1. The van der Waals surface area contributed by atoms with E-state index in [-0.39, 0.29) is 5.91 Å². The molecule has 1 aliphatic heterocycles. The molecular formula is C16H24N2O2. The molecule has 0 saturated carbocycles. The molecule has 1 fully saturated rings. The number of carbonyl (C=O) groups excluding carboxylic acids is 1. The van der Waals surface area contributed by atoms with E-state index < -0.39 is 0 Å². The minimum absolute atomic E-state index is 0.168. The van der Waals surface area contributed by atoms with Crippen molar-refractivity contribution in [2.24, 2.45) is 5.92 Å². The number of amides is 1. The Morgan fingerprint density at radius 2 is 2.40 bits per heavy atom. The minimum atomic E-state index is 0.168. The highest BCUT2D eigenvalue weighted by atomic mass is 16.5. The van der Waals surface area contributed by atoms with Crippen LogP contribution >= 0.6 is 0 Å². The highest BCUT2D eigenvalue weighted by Crippen LogP contribution is 2.14. The molecule has 0 bridgehead atoms. The predicted octanol–water partition coefficient (Wildman–Crippen LogP) is 1.74. The van der Waals surface area contributed by atoms with Gasteiger partial charge in [-0.2, -0.15) is 0 Å². The van der Waals surface area contributed by atoms with Crippen molar-refractivity contribution in [1.82, 2.24) is 10.6 Å². The van der Waals surface area contributed by atoms with Crippen molar-refractivity contribution in [3.05, 3.63) is 29.8 Å². The van der Waals surface area contributed by atoms with E-state index in [2.05, 4.69) is 16.7 Å². The van der Waals surface area contributed by atoms with Crippen molar-refractivity contribution in [1.29, 1.82) is 0 Å². The minimum Gasteiger partial charge on any atom is -0.497 e. The summed E-state index contributed by atoms with van der Waals surface area (Å²) in [5, 5.41) is 6.35. The van der Waals surface area contributed by atoms with Gasteiger partial charge in [-0.25, -0.2) is 0 Å². The lowest BCUT2D eigenvalue weighted by Gasteiger charge is -2.22. The predicted molar refractivity (Wildman–Crippen MR) is 79.9 cm³/mol. The number of ether oxygens (including phenoxy) is 1. The fourth-order valence-electron chi connectivity index (χ4n) is 2.61. The molecule has 110 valence electrons. The zero-order valence-corrected chi connectivity index (χ0v) is 12.2. The zero-order valence-electron chi connectivity index (χ0n) is 12.2. The SMILES string of the molecule is COc1cccc(CCNC(=O)CC2CCCNC2)c1. The second kappa shape index (κ2) is 7.90. The molecule has 1 aromatic carbocycles. The van der Waals surface area contributed by atoms with Crippen LogP contribution in [0, 0.1) is 5.92 Å². The first-order valence-electron chi connectivity index (χ1n) is 7.38. The van der Waals surface area contributed by atoms with Gasteiger partial charge in [-0.05, 0) is 56.0 Å². The summed E-state index contributed by atoms with van der Waals surface area (Å²) in [7, 11) is 1.67. The van der Waals surface area contributed by atoms with E-state index in [4.69, 9.17) is 4.74 Å². The van der Waals surface area contributed by atoms with Crippen LogP contribution in [-0.4, -0.2) is 32.7 Å². The van der Waals surface area contributed by atoms with E-state index in [0.29, 0.717) is 18.9 Å². The molecule has 4 nitrogen and oxygen atoms in total. The fraction of sp³-hybridized carbons (Fsp3) is 0.562. The maximum atomic E-state index is 11.9. The van der Waals surface area contributed by atoms with E-state index >= 15 is 0 Å². The van der Waals surface area contributed by atoms with Gasteiger partial charge in [0.05, 0.1) is 7.11 Å². The van der Waals surface area contributed by atoms with Crippen LogP contribution in [0.15, 0.2) is 24.3 Å². The quantitative estimate of drug-likeness (QED) is 0.832. The van der Waals surface area contributed by atoms with Crippen LogP contribution in [0.1, 0.15) is 24.8 Å². The topological polar surface area (TPSA) is 50.4 Å². The summed E-state index contributed by atoms with van der Waals surface area (Å²) in [6.45, 7) is 2.75. The van der Waals surface area contributed by atoms with Gasteiger partial charge in [-0.15, -0.1) is 0 Å². The lowest BCUT2D eigenvalue weighted by molar-refractivity contribution is -0.122. The first-order chi connectivity index (χ1) is 9.78. The summed E-state index contributed by atoms with van der Waals surface area (Å²) >= 11 is 0. The van der Waals surface area contributed by atoms with Crippen molar-refractivity contribution in [2.75, 3.05) is 26.7 Å². The van der Waals surface area contributed by atoms with E-state index in [0.717, 1.165) is 31.7 Å². The van der Waals surface area contributed by atoms with E-state index in [9.17, 15) is 4.79 Å². The van der Waals surface area contributed by atoms with Gasteiger partial charge in [0.1, 0.15) is 5.75 Å². The molecule has 2 N–H and O–H groups in total. The Balaban J connectivity index is 1.67. The average Bonchev–Trinajstić information content (AvgIpc) is 2.48. The van der Waals surface area contributed by atoms with Crippen LogP contribution in [0.5, 0.6) is 5.75 Å².